The average Bonchev–Trinajstić information content (AvgIpc) is 3.16. The highest BCUT2D eigenvalue weighted by Gasteiger charge is 2.30. The van der Waals surface area contributed by atoms with Crippen molar-refractivity contribution < 1.29 is 4.92 Å². The molecule has 3 heterocycles. The maximum atomic E-state index is 11.2. The average molecular weight is 354 g/mol. The van der Waals surface area contributed by atoms with Gasteiger partial charge in [0.25, 0.3) is 5.69 Å². The van der Waals surface area contributed by atoms with Gasteiger partial charge in [0, 0.05) is 49.1 Å². The fourth-order valence-electron chi connectivity index (χ4n) is 3.36. The Labute approximate surface area is 152 Å². The van der Waals surface area contributed by atoms with Crippen LogP contribution in [0, 0.1) is 27.4 Å². The van der Waals surface area contributed by atoms with Crippen LogP contribution in [0.1, 0.15) is 26.7 Å². The molecule has 0 N–H and O–H groups in total. The first-order valence-corrected chi connectivity index (χ1v) is 9.01. The Morgan fingerprint density at radius 3 is 2.31 bits per heavy atom. The third-order valence-corrected chi connectivity index (χ3v) is 4.70. The molecule has 0 aliphatic carbocycles. The van der Waals surface area contributed by atoms with Crippen LogP contribution >= 0.6 is 0 Å². The Bertz CT molecular complexity index is 851. The Kier molecular flexibility index (Phi) is 5.16. The summed E-state index contributed by atoms with van der Waals surface area (Å²) in [4.78, 5) is 14.9. The van der Waals surface area contributed by atoms with E-state index in [0.717, 1.165) is 42.5 Å². The van der Waals surface area contributed by atoms with E-state index in [1.807, 2.05) is 18.7 Å². The lowest BCUT2D eigenvalue weighted by Crippen LogP contribution is -2.46. The number of rotatable bonds is 3. The molecule has 0 saturated carbocycles. The molecule has 1 aromatic heterocycles. The summed E-state index contributed by atoms with van der Waals surface area (Å²) in [5, 5.41) is 30.5. The monoisotopic (exact) mass is 354 g/mol. The first-order valence-electron chi connectivity index (χ1n) is 9.01. The number of nitro benzene ring substituents is 1. The summed E-state index contributed by atoms with van der Waals surface area (Å²) in [6, 6.07) is 7.08. The van der Waals surface area contributed by atoms with Crippen LogP contribution in [0.15, 0.2) is 18.2 Å². The number of nitro groups is 1. The molecule has 0 spiro atoms. The SMILES string of the molecule is CC.N#CC1CN(c2nnc(N3CCCC3)c3ccc([N+](=O)[O-])cc23)C1. The van der Waals surface area contributed by atoms with Crippen molar-refractivity contribution in [3.63, 3.8) is 0 Å². The number of hydrogen-bond donors (Lipinski definition) is 0. The minimum absolute atomic E-state index is 0.0150. The van der Waals surface area contributed by atoms with Crippen LogP contribution in [0.5, 0.6) is 0 Å². The second-order valence-electron chi connectivity index (χ2n) is 6.26. The number of anilines is 2. The molecular weight excluding hydrogens is 332 g/mol. The standard InChI is InChI=1S/C16H16N6O2.C2H6/c17-8-11-9-21(10-11)16-14-7-12(22(23)24)3-4-13(14)15(18-19-16)20-5-1-2-6-20;1-2/h3-4,7,11H,1-2,5-6,9-10H2;1-2H3. The third-order valence-electron chi connectivity index (χ3n) is 4.70. The first-order chi connectivity index (χ1) is 12.7. The van der Waals surface area contributed by atoms with E-state index in [-0.39, 0.29) is 11.6 Å². The van der Waals surface area contributed by atoms with Crippen molar-refractivity contribution in [3.05, 3.63) is 28.3 Å². The predicted octanol–water partition coefficient (Wildman–Crippen LogP) is 3.12. The van der Waals surface area contributed by atoms with Gasteiger partial charge in [-0.05, 0) is 18.9 Å². The predicted molar refractivity (Wildman–Crippen MR) is 100 cm³/mol. The molecule has 136 valence electrons. The van der Waals surface area contributed by atoms with Gasteiger partial charge in [0.15, 0.2) is 11.6 Å². The van der Waals surface area contributed by atoms with Crippen molar-refractivity contribution >= 4 is 28.1 Å². The van der Waals surface area contributed by atoms with Gasteiger partial charge in [-0.1, -0.05) is 13.8 Å². The van der Waals surface area contributed by atoms with Gasteiger partial charge in [-0.2, -0.15) is 5.26 Å². The van der Waals surface area contributed by atoms with E-state index >= 15 is 0 Å². The summed E-state index contributed by atoms with van der Waals surface area (Å²) >= 11 is 0. The van der Waals surface area contributed by atoms with Crippen LogP contribution in [0.3, 0.4) is 0 Å². The Balaban J connectivity index is 0.000000948. The van der Waals surface area contributed by atoms with Crippen molar-refractivity contribution in [2.24, 2.45) is 5.92 Å². The Morgan fingerprint density at radius 1 is 1.12 bits per heavy atom. The number of fused-ring (bicyclic) bond motifs is 1. The smallest absolute Gasteiger partial charge is 0.270 e. The molecule has 8 heteroatoms. The van der Waals surface area contributed by atoms with Gasteiger partial charge in [0.1, 0.15) is 0 Å². The quantitative estimate of drug-likeness (QED) is 0.616. The molecule has 2 aliphatic rings. The normalized spacial score (nSPS) is 16.7. The number of benzene rings is 1. The second kappa shape index (κ2) is 7.52. The number of aromatic nitrogens is 2. The molecule has 0 unspecified atom stereocenters. The lowest BCUT2D eigenvalue weighted by Gasteiger charge is -2.36. The fourth-order valence-corrected chi connectivity index (χ4v) is 3.36. The number of hydrogen-bond acceptors (Lipinski definition) is 7. The molecule has 26 heavy (non-hydrogen) atoms. The highest BCUT2D eigenvalue weighted by Crippen LogP contribution is 2.36. The van der Waals surface area contributed by atoms with E-state index in [4.69, 9.17) is 5.26 Å². The molecule has 1 aromatic carbocycles. The molecule has 4 rings (SSSR count). The van der Waals surface area contributed by atoms with Crippen molar-refractivity contribution in [2.75, 3.05) is 36.0 Å². The van der Waals surface area contributed by atoms with Crippen molar-refractivity contribution in [1.29, 1.82) is 5.26 Å². The Hall–Kier alpha value is -2.95. The molecule has 0 atom stereocenters. The highest BCUT2D eigenvalue weighted by molar-refractivity contribution is 6.00. The minimum atomic E-state index is -0.395. The summed E-state index contributed by atoms with van der Waals surface area (Å²) in [6.45, 7) is 7.04. The molecule has 2 aliphatic heterocycles. The second-order valence-corrected chi connectivity index (χ2v) is 6.26. The maximum Gasteiger partial charge on any atom is 0.270 e. The van der Waals surface area contributed by atoms with E-state index in [1.165, 1.54) is 6.07 Å². The van der Waals surface area contributed by atoms with Crippen LogP contribution in [0.4, 0.5) is 17.3 Å². The number of nitrogens with zero attached hydrogens (tertiary/aromatic N) is 6. The summed E-state index contributed by atoms with van der Waals surface area (Å²) in [7, 11) is 0. The molecule has 0 radical (unpaired) electrons. The summed E-state index contributed by atoms with van der Waals surface area (Å²) in [5.74, 6) is 1.40. The lowest BCUT2D eigenvalue weighted by atomic mass is 10.0. The third kappa shape index (κ3) is 3.12. The van der Waals surface area contributed by atoms with Gasteiger partial charge in [-0.3, -0.25) is 10.1 Å². The summed E-state index contributed by atoms with van der Waals surface area (Å²) < 4.78 is 0. The molecule has 8 nitrogen and oxygen atoms in total. The zero-order valence-corrected chi connectivity index (χ0v) is 15.1. The molecule has 2 fully saturated rings. The largest absolute Gasteiger partial charge is 0.355 e. The van der Waals surface area contributed by atoms with E-state index in [2.05, 4.69) is 21.2 Å². The Morgan fingerprint density at radius 2 is 1.73 bits per heavy atom. The molecule has 0 bridgehead atoms. The van der Waals surface area contributed by atoms with Gasteiger partial charge in [0.2, 0.25) is 0 Å². The van der Waals surface area contributed by atoms with Crippen LogP contribution < -0.4 is 9.80 Å². The van der Waals surface area contributed by atoms with E-state index in [0.29, 0.717) is 18.9 Å². The van der Waals surface area contributed by atoms with E-state index in [9.17, 15) is 10.1 Å². The topological polar surface area (TPSA) is 99.2 Å². The first kappa shape index (κ1) is 17.9. The number of non-ortho nitro benzene ring substituents is 1. The molecule has 0 amide bonds. The van der Waals surface area contributed by atoms with Crippen LogP contribution in [0.2, 0.25) is 0 Å². The zero-order valence-electron chi connectivity index (χ0n) is 15.1. The molecule has 2 saturated heterocycles. The molecular formula is C18H22N6O2. The molecule has 2 aromatic rings. The fraction of sp³-hybridized carbons (Fsp3) is 0.500. The van der Waals surface area contributed by atoms with Gasteiger partial charge in [-0.25, -0.2) is 0 Å². The van der Waals surface area contributed by atoms with Gasteiger partial charge in [-0.15, -0.1) is 10.2 Å². The van der Waals surface area contributed by atoms with E-state index in [1.54, 1.807) is 12.1 Å². The zero-order chi connectivity index (χ0) is 18.7. The van der Waals surface area contributed by atoms with Crippen molar-refractivity contribution in [3.8, 4) is 6.07 Å². The number of nitriles is 1. The lowest BCUT2D eigenvalue weighted by molar-refractivity contribution is -0.384. The van der Waals surface area contributed by atoms with Crippen molar-refractivity contribution in [1.82, 2.24) is 10.2 Å². The van der Waals surface area contributed by atoms with Crippen LogP contribution in [-0.4, -0.2) is 41.3 Å². The summed E-state index contributed by atoms with van der Waals surface area (Å²) in [5.41, 5.74) is 0.0430. The van der Waals surface area contributed by atoms with Crippen LogP contribution in [-0.2, 0) is 0 Å². The maximum absolute atomic E-state index is 11.2. The van der Waals surface area contributed by atoms with Crippen molar-refractivity contribution in [2.45, 2.75) is 26.7 Å². The minimum Gasteiger partial charge on any atom is -0.355 e. The summed E-state index contributed by atoms with van der Waals surface area (Å²) in [6.07, 6.45) is 2.24. The van der Waals surface area contributed by atoms with Gasteiger partial charge >= 0.3 is 0 Å². The highest BCUT2D eigenvalue weighted by atomic mass is 16.6. The van der Waals surface area contributed by atoms with Gasteiger partial charge in [0.05, 0.1) is 16.9 Å². The van der Waals surface area contributed by atoms with E-state index < -0.39 is 4.92 Å². The van der Waals surface area contributed by atoms with Gasteiger partial charge < -0.3 is 9.80 Å². The van der Waals surface area contributed by atoms with Crippen LogP contribution in [0.25, 0.3) is 10.8 Å².